The number of rotatable bonds is 4. The second kappa shape index (κ2) is 6.60. The molecule has 4 nitrogen and oxygen atoms in total. The molecule has 2 aromatic carbocycles. The van der Waals surface area contributed by atoms with Crippen molar-refractivity contribution in [2.75, 3.05) is 25.6 Å². The van der Waals surface area contributed by atoms with E-state index in [0.717, 1.165) is 29.4 Å². The molecule has 0 radical (unpaired) electrons. The zero-order valence-corrected chi connectivity index (χ0v) is 13.0. The summed E-state index contributed by atoms with van der Waals surface area (Å²) in [4.78, 5) is 0. The number of benzene rings is 2. The van der Waals surface area contributed by atoms with Crippen LogP contribution in [0.1, 0.15) is 24.9 Å². The first-order valence-corrected chi connectivity index (χ1v) is 7.56. The standard InChI is InChI=1S/C18H21NO3/c1-13(19-15-5-7-16(20-2)8-6-15)14-4-9-17-18(12-14)22-11-3-10-21-17/h4-9,12-13,19H,3,10-11H2,1-2H3. The fourth-order valence-corrected chi connectivity index (χ4v) is 2.47. The fraction of sp³-hybridized carbons (Fsp3) is 0.333. The van der Waals surface area contributed by atoms with Crippen LogP contribution in [0.4, 0.5) is 5.69 Å². The van der Waals surface area contributed by atoms with Crippen molar-refractivity contribution in [1.82, 2.24) is 0 Å². The van der Waals surface area contributed by atoms with Gasteiger partial charge in [0.15, 0.2) is 11.5 Å². The summed E-state index contributed by atoms with van der Waals surface area (Å²) in [5.74, 6) is 2.52. The van der Waals surface area contributed by atoms with Crippen molar-refractivity contribution in [2.24, 2.45) is 0 Å². The van der Waals surface area contributed by atoms with E-state index in [1.807, 2.05) is 30.3 Å². The molecule has 3 rings (SSSR count). The Morgan fingerprint density at radius 3 is 2.45 bits per heavy atom. The van der Waals surface area contributed by atoms with Gasteiger partial charge in [-0.2, -0.15) is 0 Å². The molecular weight excluding hydrogens is 278 g/mol. The molecule has 1 heterocycles. The van der Waals surface area contributed by atoms with E-state index in [1.165, 1.54) is 5.56 Å². The summed E-state index contributed by atoms with van der Waals surface area (Å²) in [6.07, 6.45) is 0.920. The van der Waals surface area contributed by atoms with Gasteiger partial charge in [0.05, 0.1) is 20.3 Å². The molecule has 2 aromatic rings. The van der Waals surface area contributed by atoms with Crippen LogP contribution in [0, 0.1) is 0 Å². The first-order valence-electron chi connectivity index (χ1n) is 7.56. The van der Waals surface area contributed by atoms with Crippen LogP contribution in [0.25, 0.3) is 0 Å². The third-order valence-electron chi connectivity index (χ3n) is 3.74. The van der Waals surface area contributed by atoms with Crippen LogP contribution in [-0.2, 0) is 0 Å². The Morgan fingerprint density at radius 2 is 1.73 bits per heavy atom. The molecule has 0 aromatic heterocycles. The molecule has 116 valence electrons. The van der Waals surface area contributed by atoms with Crippen LogP contribution in [0.15, 0.2) is 42.5 Å². The van der Waals surface area contributed by atoms with E-state index in [4.69, 9.17) is 14.2 Å². The molecule has 0 spiro atoms. The second-order valence-electron chi connectivity index (χ2n) is 5.35. The Hall–Kier alpha value is -2.36. The fourth-order valence-electron chi connectivity index (χ4n) is 2.47. The molecule has 0 aliphatic carbocycles. The summed E-state index contributed by atoms with van der Waals surface area (Å²) in [5.41, 5.74) is 2.22. The number of hydrogen-bond acceptors (Lipinski definition) is 4. The average molecular weight is 299 g/mol. The van der Waals surface area contributed by atoms with Crippen molar-refractivity contribution in [1.29, 1.82) is 0 Å². The van der Waals surface area contributed by atoms with Gasteiger partial charge in [0.1, 0.15) is 5.75 Å². The van der Waals surface area contributed by atoms with Crippen molar-refractivity contribution in [2.45, 2.75) is 19.4 Å². The predicted molar refractivity (Wildman–Crippen MR) is 87.1 cm³/mol. The Kier molecular flexibility index (Phi) is 4.37. The maximum absolute atomic E-state index is 5.75. The van der Waals surface area contributed by atoms with E-state index in [2.05, 4.69) is 24.4 Å². The first-order chi connectivity index (χ1) is 10.8. The third kappa shape index (κ3) is 3.27. The number of anilines is 1. The molecule has 1 aliphatic rings. The lowest BCUT2D eigenvalue weighted by Gasteiger charge is -2.17. The highest BCUT2D eigenvalue weighted by Crippen LogP contribution is 2.33. The van der Waals surface area contributed by atoms with E-state index in [0.29, 0.717) is 13.2 Å². The van der Waals surface area contributed by atoms with Crippen molar-refractivity contribution >= 4 is 5.69 Å². The zero-order chi connectivity index (χ0) is 15.4. The Labute approximate surface area is 131 Å². The lowest BCUT2D eigenvalue weighted by Crippen LogP contribution is -2.07. The summed E-state index contributed by atoms with van der Waals surface area (Å²) in [7, 11) is 1.67. The van der Waals surface area contributed by atoms with Crippen molar-refractivity contribution in [3.63, 3.8) is 0 Å². The minimum atomic E-state index is 0.172. The monoisotopic (exact) mass is 299 g/mol. The molecule has 22 heavy (non-hydrogen) atoms. The summed E-state index contributed by atoms with van der Waals surface area (Å²) in [6, 6.07) is 14.2. The summed E-state index contributed by atoms with van der Waals surface area (Å²) in [5, 5.41) is 3.48. The van der Waals surface area contributed by atoms with Gasteiger partial charge in [-0.25, -0.2) is 0 Å². The van der Waals surface area contributed by atoms with Crippen molar-refractivity contribution in [3.05, 3.63) is 48.0 Å². The average Bonchev–Trinajstić information content (AvgIpc) is 2.80. The molecular formula is C18H21NO3. The zero-order valence-electron chi connectivity index (χ0n) is 13.0. The van der Waals surface area contributed by atoms with Gasteiger partial charge in [0.2, 0.25) is 0 Å². The quantitative estimate of drug-likeness (QED) is 0.925. The maximum atomic E-state index is 5.75. The first kappa shape index (κ1) is 14.6. The number of fused-ring (bicyclic) bond motifs is 1. The molecule has 1 N–H and O–H groups in total. The molecule has 0 amide bonds. The van der Waals surface area contributed by atoms with Gasteiger partial charge in [0.25, 0.3) is 0 Å². The number of hydrogen-bond donors (Lipinski definition) is 1. The molecule has 0 saturated heterocycles. The van der Waals surface area contributed by atoms with Gasteiger partial charge in [0, 0.05) is 18.2 Å². The molecule has 1 aliphatic heterocycles. The van der Waals surface area contributed by atoms with E-state index in [9.17, 15) is 0 Å². The van der Waals surface area contributed by atoms with Crippen LogP contribution in [0.5, 0.6) is 17.2 Å². The topological polar surface area (TPSA) is 39.7 Å². The van der Waals surface area contributed by atoms with E-state index < -0.39 is 0 Å². The van der Waals surface area contributed by atoms with Gasteiger partial charge >= 0.3 is 0 Å². The van der Waals surface area contributed by atoms with Crippen LogP contribution in [0.3, 0.4) is 0 Å². The summed E-state index contributed by atoms with van der Waals surface area (Å²) >= 11 is 0. The lowest BCUT2D eigenvalue weighted by atomic mass is 10.1. The van der Waals surface area contributed by atoms with Crippen LogP contribution < -0.4 is 19.5 Å². The molecule has 0 bridgehead atoms. The minimum Gasteiger partial charge on any atom is -0.497 e. The maximum Gasteiger partial charge on any atom is 0.161 e. The Bertz CT molecular complexity index is 625. The van der Waals surface area contributed by atoms with Gasteiger partial charge in [-0.3, -0.25) is 0 Å². The van der Waals surface area contributed by atoms with Crippen molar-refractivity contribution in [3.8, 4) is 17.2 Å². The highest BCUT2D eigenvalue weighted by atomic mass is 16.5. The van der Waals surface area contributed by atoms with Crippen molar-refractivity contribution < 1.29 is 14.2 Å². The van der Waals surface area contributed by atoms with Crippen LogP contribution in [0.2, 0.25) is 0 Å². The Morgan fingerprint density at radius 1 is 1.00 bits per heavy atom. The van der Waals surface area contributed by atoms with Gasteiger partial charge in [-0.15, -0.1) is 0 Å². The summed E-state index contributed by atoms with van der Waals surface area (Å²) in [6.45, 7) is 3.55. The SMILES string of the molecule is COc1ccc(NC(C)c2ccc3c(c2)OCCCO3)cc1. The number of methoxy groups -OCH3 is 1. The van der Waals surface area contributed by atoms with Crippen LogP contribution >= 0.6 is 0 Å². The Balaban J connectivity index is 1.73. The highest BCUT2D eigenvalue weighted by Gasteiger charge is 2.13. The minimum absolute atomic E-state index is 0.172. The number of nitrogens with one attached hydrogen (secondary N) is 1. The molecule has 4 heteroatoms. The van der Waals surface area contributed by atoms with Gasteiger partial charge in [-0.1, -0.05) is 6.07 Å². The van der Waals surface area contributed by atoms with Gasteiger partial charge < -0.3 is 19.5 Å². The van der Waals surface area contributed by atoms with Crippen LogP contribution in [-0.4, -0.2) is 20.3 Å². The van der Waals surface area contributed by atoms with Gasteiger partial charge in [-0.05, 0) is 48.9 Å². The predicted octanol–water partition coefficient (Wildman–Crippen LogP) is 4.03. The molecule has 0 saturated carbocycles. The van der Waals surface area contributed by atoms with E-state index in [1.54, 1.807) is 7.11 Å². The molecule has 1 atom stereocenters. The molecule has 1 unspecified atom stereocenters. The summed E-state index contributed by atoms with van der Waals surface area (Å²) < 4.78 is 16.6. The normalized spacial score (nSPS) is 14.8. The number of ether oxygens (including phenoxy) is 3. The smallest absolute Gasteiger partial charge is 0.161 e. The highest BCUT2D eigenvalue weighted by molar-refractivity contribution is 5.50. The lowest BCUT2D eigenvalue weighted by molar-refractivity contribution is 0.297. The largest absolute Gasteiger partial charge is 0.497 e. The second-order valence-corrected chi connectivity index (χ2v) is 5.35. The molecule has 0 fully saturated rings. The van der Waals surface area contributed by atoms with E-state index >= 15 is 0 Å². The third-order valence-corrected chi connectivity index (χ3v) is 3.74. The van der Waals surface area contributed by atoms with E-state index in [-0.39, 0.29) is 6.04 Å².